The monoisotopic (exact) mass is 293 g/mol. The predicted molar refractivity (Wildman–Crippen MR) is 77.5 cm³/mol. The standard InChI is InChI=1S/C16H17F2NO2/c1-11-5-2-3-8-15(11)21-10-12(20)9-19-14-7-4-6-13(17)16(14)18/h2-8,12,19-20H,9-10H2,1H3. The Bertz CT molecular complexity index is 605. The van der Waals surface area contributed by atoms with Gasteiger partial charge in [-0.1, -0.05) is 24.3 Å². The molecule has 0 fully saturated rings. The van der Waals surface area contributed by atoms with E-state index in [0.29, 0.717) is 5.75 Å². The lowest BCUT2D eigenvalue weighted by Crippen LogP contribution is -2.26. The van der Waals surface area contributed by atoms with Crippen LogP contribution in [0.4, 0.5) is 14.5 Å². The molecule has 0 bridgehead atoms. The summed E-state index contributed by atoms with van der Waals surface area (Å²) >= 11 is 0. The summed E-state index contributed by atoms with van der Waals surface area (Å²) in [5.41, 5.74) is 0.985. The Labute approximate surface area is 122 Å². The third-order valence-electron chi connectivity index (χ3n) is 3.00. The van der Waals surface area contributed by atoms with Crippen molar-refractivity contribution in [3.8, 4) is 5.75 Å². The van der Waals surface area contributed by atoms with Crippen molar-refractivity contribution < 1.29 is 18.6 Å². The minimum atomic E-state index is -0.954. The van der Waals surface area contributed by atoms with E-state index in [1.54, 1.807) is 0 Å². The van der Waals surface area contributed by atoms with Crippen molar-refractivity contribution in [1.29, 1.82) is 0 Å². The number of nitrogens with one attached hydrogen (secondary N) is 1. The molecule has 0 saturated carbocycles. The van der Waals surface area contributed by atoms with Crippen LogP contribution < -0.4 is 10.1 Å². The molecule has 0 spiro atoms. The van der Waals surface area contributed by atoms with E-state index in [0.717, 1.165) is 11.6 Å². The third kappa shape index (κ3) is 4.16. The van der Waals surface area contributed by atoms with Crippen LogP contribution in [-0.4, -0.2) is 24.4 Å². The number of para-hydroxylation sites is 1. The van der Waals surface area contributed by atoms with Crippen LogP contribution in [0.5, 0.6) is 5.75 Å². The van der Waals surface area contributed by atoms with Gasteiger partial charge in [0, 0.05) is 6.54 Å². The van der Waals surface area contributed by atoms with E-state index in [2.05, 4.69) is 5.32 Å². The zero-order valence-electron chi connectivity index (χ0n) is 11.6. The van der Waals surface area contributed by atoms with Crippen LogP contribution >= 0.6 is 0 Å². The Hall–Kier alpha value is -2.14. The van der Waals surface area contributed by atoms with Crippen LogP contribution in [0.25, 0.3) is 0 Å². The Balaban J connectivity index is 1.84. The van der Waals surface area contributed by atoms with Gasteiger partial charge in [-0.25, -0.2) is 8.78 Å². The first-order chi connectivity index (χ1) is 10.1. The van der Waals surface area contributed by atoms with Gasteiger partial charge in [0.05, 0.1) is 5.69 Å². The first kappa shape index (κ1) is 15.3. The van der Waals surface area contributed by atoms with Crippen molar-refractivity contribution in [2.75, 3.05) is 18.5 Å². The third-order valence-corrected chi connectivity index (χ3v) is 3.00. The van der Waals surface area contributed by atoms with Gasteiger partial charge in [-0.3, -0.25) is 0 Å². The summed E-state index contributed by atoms with van der Waals surface area (Å²) < 4.78 is 31.9. The number of halogens is 2. The van der Waals surface area contributed by atoms with Crippen molar-refractivity contribution >= 4 is 5.69 Å². The lowest BCUT2D eigenvalue weighted by molar-refractivity contribution is 0.117. The number of aliphatic hydroxyl groups excluding tert-OH is 1. The summed E-state index contributed by atoms with van der Waals surface area (Å²) in [5, 5.41) is 12.5. The van der Waals surface area contributed by atoms with Crippen LogP contribution in [0.1, 0.15) is 5.56 Å². The number of ether oxygens (including phenoxy) is 1. The number of hydrogen-bond acceptors (Lipinski definition) is 3. The summed E-state index contributed by atoms with van der Waals surface area (Å²) in [4.78, 5) is 0. The largest absolute Gasteiger partial charge is 0.491 e. The number of rotatable bonds is 6. The summed E-state index contributed by atoms with van der Waals surface area (Å²) in [6.45, 7) is 2.03. The lowest BCUT2D eigenvalue weighted by Gasteiger charge is -2.15. The van der Waals surface area contributed by atoms with Crippen molar-refractivity contribution in [3.05, 3.63) is 59.7 Å². The molecule has 0 aliphatic heterocycles. The molecule has 0 amide bonds. The van der Waals surface area contributed by atoms with Crippen LogP contribution in [0.15, 0.2) is 42.5 Å². The summed E-state index contributed by atoms with van der Waals surface area (Å²) in [7, 11) is 0. The molecular weight excluding hydrogens is 276 g/mol. The molecule has 112 valence electrons. The van der Waals surface area contributed by atoms with Gasteiger partial charge in [-0.05, 0) is 30.7 Å². The molecular formula is C16H17F2NO2. The second-order valence-corrected chi connectivity index (χ2v) is 4.71. The molecule has 1 unspecified atom stereocenters. The van der Waals surface area contributed by atoms with E-state index in [9.17, 15) is 13.9 Å². The molecule has 3 nitrogen and oxygen atoms in total. The van der Waals surface area contributed by atoms with Crippen molar-refractivity contribution in [2.45, 2.75) is 13.0 Å². The van der Waals surface area contributed by atoms with Gasteiger partial charge < -0.3 is 15.2 Å². The highest BCUT2D eigenvalue weighted by Crippen LogP contribution is 2.18. The minimum absolute atomic E-state index is 0.0185. The van der Waals surface area contributed by atoms with E-state index in [-0.39, 0.29) is 18.8 Å². The normalized spacial score (nSPS) is 12.0. The fourth-order valence-electron chi connectivity index (χ4n) is 1.83. The maximum atomic E-state index is 13.4. The number of aliphatic hydroxyl groups is 1. The van der Waals surface area contributed by atoms with E-state index < -0.39 is 17.7 Å². The first-order valence-corrected chi connectivity index (χ1v) is 6.62. The average molecular weight is 293 g/mol. The molecule has 21 heavy (non-hydrogen) atoms. The summed E-state index contributed by atoms with van der Waals surface area (Å²) in [5.74, 6) is -1.19. The highest BCUT2D eigenvalue weighted by molar-refractivity contribution is 5.45. The van der Waals surface area contributed by atoms with Gasteiger partial charge in [-0.2, -0.15) is 0 Å². The molecule has 0 radical (unpaired) electrons. The van der Waals surface area contributed by atoms with Gasteiger partial charge in [-0.15, -0.1) is 0 Å². The molecule has 1 atom stereocenters. The molecule has 5 heteroatoms. The molecule has 2 aromatic rings. The molecule has 0 saturated heterocycles. The van der Waals surface area contributed by atoms with E-state index in [1.165, 1.54) is 12.1 Å². The SMILES string of the molecule is Cc1ccccc1OCC(O)CNc1cccc(F)c1F. The van der Waals surface area contributed by atoms with Crippen molar-refractivity contribution in [2.24, 2.45) is 0 Å². The van der Waals surface area contributed by atoms with Gasteiger partial charge >= 0.3 is 0 Å². The van der Waals surface area contributed by atoms with E-state index >= 15 is 0 Å². The molecule has 0 heterocycles. The van der Waals surface area contributed by atoms with E-state index in [4.69, 9.17) is 4.74 Å². The smallest absolute Gasteiger partial charge is 0.181 e. The molecule has 0 aliphatic rings. The van der Waals surface area contributed by atoms with Crippen molar-refractivity contribution in [1.82, 2.24) is 0 Å². The maximum Gasteiger partial charge on any atom is 0.181 e. The summed E-state index contributed by atoms with van der Waals surface area (Å²) in [6.07, 6.45) is -0.840. The molecule has 2 N–H and O–H groups in total. The second-order valence-electron chi connectivity index (χ2n) is 4.71. The number of benzene rings is 2. The summed E-state index contributed by atoms with van der Waals surface area (Å²) in [6, 6.07) is 11.3. The number of hydrogen-bond donors (Lipinski definition) is 2. The van der Waals surface area contributed by atoms with Crippen molar-refractivity contribution in [3.63, 3.8) is 0 Å². The van der Waals surface area contributed by atoms with Crippen LogP contribution in [-0.2, 0) is 0 Å². The lowest BCUT2D eigenvalue weighted by atomic mass is 10.2. The van der Waals surface area contributed by atoms with Crippen LogP contribution in [0.2, 0.25) is 0 Å². The highest BCUT2D eigenvalue weighted by Gasteiger charge is 2.10. The molecule has 0 aliphatic carbocycles. The minimum Gasteiger partial charge on any atom is -0.491 e. The van der Waals surface area contributed by atoms with Gasteiger partial charge in [0.2, 0.25) is 0 Å². The maximum absolute atomic E-state index is 13.4. The molecule has 0 aromatic heterocycles. The Kier molecular flexibility index (Phi) is 5.11. The fraction of sp³-hybridized carbons (Fsp3) is 0.250. The second kappa shape index (κ2) is 7.04. The Morgan fingerprint density at radius 2 is 1.90 bits per heavy atom. The van der Waals surface area contributed by atoms with Gasteiger partial charge in [0.15, 0.2) is 11.6 Å². The Morgan fingerprint density at radius 1 is 1.14 bits per heavy atom. The van der Waals surface area contributed by atoms with Crippen LogP contribution in [0.3, 0.4) is 0 Å². The highest BCUT2D eigenvalue weighted by atomic mass is 19.2. The van der Waals surface area contributed by atoms with Gasteiger partial charge in [0.25, 0.3) is 0 Å². The average Bonchev–Trinajstić information content (AvgIpc) is 2.48. The zero-order valence-corrected chi connectivity index (χ0v) is 11.6. The molecule has 2 rings (SSSR count). The number of aryl methyl sites for hydroxylation is 1. The predicted octanol–water partition coefficient (Wildman–Crippen LogP) is 3.13. The fourth-order valence-corrected chi connectivity index (χ4v) is 1.83. The number of anilines is 1. The first-order valence-electron chi connectivity index (χ1n) is 6.62. The quantitative estimate of drug-likeness (QED) is 0.860. The van der Waals surface area contributed by atoms with Gasteiger partial charge in [0.1, 0.15) is 18.5 Å². The topological polar surface area (TPSA) is 41.5 Å². The zero-order chi connectivity index (χ0) is 15.2. The van der Waals surface area contributed by atoms with E-state index in [1.807, 2.05) is 31.2 Å². The van der Waals surface area contributed by atoms with Crippen LogP contribution in [0, 0.1) is 18.6 Å². The Morgan fingerprint density at radius 3 is 2.67 bits per heavy atom. The molecule has 2 aromatic carbocycles.